The van der Waals surface area contributed by atoms with Gasteiger partial charge < -0.3 is 20.1 Å². The molecule has 0 radical (unpaired) electrons. The van der Waals surface area contributed by atoms with Crippen LogP contribution in [-0.4, -0.2) is 86.4 Å². The van der Waals surface area contributed by atoms with E-state index in [1.165, 1.54) is 18.4 Å². The highest BCUT2D eigenvalue weighted by atomic mass is 16.5. The molecule has 1 amide bonds. The van der Waals surface area contributed by atoms with E-state index in [4.69, 9.17) is 9.84 Å². The molecule has 0 aromatic heterocycles. The van der Waals surface area contributed by atoms with E-state index in [-0.39, 0.29) is 12.5 Å². The van der Waals surface area contributed by atoms with E-state index in [9.17, 15) is 4.79 Å². The second-order valence-corrected chi connectivity index (χ2v) is 7.14. The lowest BCUT2D eigenvalue weighted by atomic mass is 9.90. The minimum Gasteiger partial charge on any atom is -0.394 e. The van der Waals surface area contributed by atoms with E-state index in [0.717, 1.165) is 51.4 Å². The summed E-state index contributed by atoms with van der Waals surface area (Å²) >= 11 is 0. The second kappa shape index (κ2) is 10.0. The third kappa shape index (κ3) is 5.27. The van der Waals surface area contributed by atoms with Crippen LogP contribution < -0.4 is 5.32 Å². The first-order valence-electron chi connectivity index (χ1n) is 9.79. The number of aliphatic hydroxyl groups excluding tert-OH is 1. The number of amides is 1. The maximum atomic E-state index is 12.9. The van der Waals surface area contributed by atoms with Gasteiger partial charge in [0.15, 0.2) is 0 Å². The van der Waals surface area contributed by atoms with Crippen molar-refractivity contribution in [3.63, 3.8) is 0 Å². The Bertz CT molecular complexity index is 567. The van der Waals surface area contributed by atoms with Gasteiger partial charge in [-0.05, 0) is 43.0 Å². The summed E-state index contributed by atoms with van der Waals surface area (Å²) in [5.41, 5.74) is 2.09. The van der Waals surface area contributed by atoms with Crippen molar-refractivity contribution in [3.05, 3.63) is 35.4 Å². The fraction of sp³-hybridized carbons (Fsp3) is 0.650. The number of nitrogens with one attached hydrogen (secondary N) is 1. The molecule has 2 heterocycles. The predicted molar refractivity (Wildman–Crippen MR) is 102 cm³/mol. The number of nitrogens with zero attached hydrogens (tertiary/aromatic N) is 2. The number of carbonyl (C=O) groups is 1. The summed E-state index contributed by atoms with van der Waals surface area (Å²) in [7, 11) is 0. The van der Waals surface area contributed by atoms with E-state index in [0.29, 0.717) is 19.1 Å². The molecular weight excluding hydrogens is 330 g/mol. The average Bonchev–Trinajstić information content (AvgIpc) is 2.72. The van der Waals surface area contributed by atoms with Gasteiger partial charge in [-0.15, -0.1) is 0 Å². The molecule has 2 aliphatic rings. The van der Waals surface area contributed by atoms with Gasteiger partial charge in [0.1, 0.15) is 0 Å². The number of aliphatic hydroxyl groups is 1. The van der Waals surface area contributed by atoms with E-state index >= 15 is 0 Å². The Kier molecular flexibility index (Phi) is 7.43. The topological polar surface area (TPSA) is 65.0 Å². The van der Waals surface area contributed by atoms with Crippen LogP contribution in [0.5, 0.6) is 0 Å². The summed E-state index contributed by atoms with van der Waals surface area (Å²) in [5, 5.41) is 12.2. The zero-order valence-electron chi connectivity index (χ0n) is 15.5. The predicted octanol–water partition coefficient (Wildman–Crippen LogP) is 0.920. The lowest BCUT2D eigenvalue weighted by molar-refractivity contribution is 0.0486. The van der Waals surface area contributed by atoms with Gasteiger partial charge >= 0.3 is 0 Å². The zero-order chi connectivity index (χ0) is 18.2. The fourth-order valence-corrected chi connectivity index (χ4v) is 3.78. The maximum absolute atomic E-state index is 12.9. The SMILES string of the molecule is O=C(c1cccc([C@@H]2CCCNC2)c1)N1CCN(CCOCCO)CC1. The first-order valence-corrected chi connectivity index (χ1v) is 9.79. The number of rotatable bonds is 7. The van der Waals surface area contributed by atoms with Crippen LogP contribution in [0.3, 0.4) is 0 Å². The van der Waals surface area contributed by atoms with Gasteiger partial charge in [-0.2, -0.15) is 0 Å². The molecule has 6 heteroatoms. The lowest BCUT2D eigenvalue weighted by Crippen LogP contribution is -2.49. The Balaban J connectivity index is 1.50. The molecule has 0 bridgehead atoms. The van der Waals surface area contributed by atoms with E-state index in [2.05, 4.69) is 22.3 Å². The third-order valence-corrected chi connectivity index (χ3v) is 5.35. The van der Waals surface area contributed by atoms with Gasteiger partial charge in [-0.1, -0.05) is 12.1 Å². The van der Waals surface area contributed by atoms with E-state index in [1.807, 2.05) is 17.0 Å². The number of hydrogen-bond donors (Lipinski definition) is 2. The largest absolute Gasteiger partial charge is 0.394 e. The minimum absolute atomic E-state index is 0.0677. The molecule has 2 N–H and O–H groups in total. The highest BCUT2D eigenvalue weighted by Gasteiger charge is 2.23. The molecular formula is C20H31N3O3. The summed E-state index contributed by atoms with van der Waals surface area (Å²) in [6.45, 7) is 7.32. The quantitative estimate of drug-likeness (QED) is 0.707. The molecule has 0 unspecified atom stereocenters. The van der Waals surface area contributed by atoms with E-state index < -0.39 is 0 Å². The van der Waals surface area contributed by atoms with Crippen LogP contribution in [0.1, 0.15) is 34.7 Å². The zero-order valence-corrected chi connectivity index (χ0v) is 15.5. The molecule has 2 saturated heterocycles. The molecule has 0 spiro atoms. The fourth-order valence-electron chi connectivity index (χ4n) is 3.78. The normalized spacial score (nSPS) is 21.7. The van der Waals surface area contributed by atoms with Crippen molar-refractivity contribution in [1.82, 2.24) is 15.1 Å². The molecule has 26 heavy (non-hydrogen) atoms. The van der Waals surface area contributed by atoms with Crippen molar-refractivity contribution in [2.75, 3.05) is 65.6 Å². The monoisotopic (exact) mass is 361 g/mol. The van der Waals surface area contributed by atoms with Gasteiger partial charge in [0.2, 0.25) is 0 Å². The van der Waals surface area contributed by atoms with Crippen molar-refractivity contribution in [2.24, 2.45) is 0 Å². The Hall–Kier alpha value is -1.47. The highest BCUT2D eigenvalue weighted by molar-refractivity contribution is 5.94. The average molecular weight is 361 g/mol. The van der Waals surface area contributed by atoms with Crippen LogP contribution in [0.15, 0.2) is 24.3 Å². The smallest absolute Gasteiger partial charge is 0.253 e. The summed E-state index contributed by atoms with van der Waals surface area (Å²) in [6.07, 6.45) is 2.40. The van der Waals surface area contributed by atoms with Crippen molar-refractivity contribution in [3.8, 4) is 0 Å². The standard InChI is InChI=1S/C20H31N3O3/c24-12-14-26-13-11-22-7-9-23(10-8-22)20(25)18-4-1-3-17(15-18)19-5-2-6-21-16-19/h1,3-4,15,19,21,24H,2,5-14,16H2/t19-/m1/s1. The Morgan fingerprint density at radius 1 is 1.23 bits per heavy atom. The highest BCUT2D eigenvalue weighted by Crippen LogP contribution is 2.24. The van der Waals surface area contributed by atoms with Crippen LogP contribution >= 0.6 is 0 Å². The van der Waals surface area contributed by atoms with Gasteiger partial charge in [0, 0.05) is 44.8 Å². The number of benzene rings is 1. The third-order valence-electron chi connectivity index (χ3n) is 5.35. The molecule has 144 valence electrons. The lowest BCUT2D eigenvalue weighted by Gasteiger charge is -2.34. The van der Waals surface area contributed by atoms with Crippen LogP contribution in [0.2, 0.25) is 0 Å². The van der Waals surface area contributed by atoms with Gasteiger partial charge in [0.25, 0.3) is 5.91 Å². The molecule has 6 nitrogen and oxygen atoms in total. The van der Waals surface area contributed by atoms with Gasteiger partial charge in [-0.25, -0.2) is 0 Å². The van der Waals surface area contributed by atoms with Gasteiger partial charge in [-0.3, -0.25) is 9.69 Å². The molecule has 1 aromatic rings. The van der Waals surface area contributed by atoms with Crippen molar-refractivity contribution >= 4 is 5.91 Å². The number of ether oxygens (including phenoxy) is 1. The summed E-state index contributed by atoms with van der Waals surface area (Å²) in [5.74, 6) is 0.666. The van der Waals surface area contributed by atoms with Crippen LogP contribution in [0.4, 0.5) is 0 Å². The van der Waals surface area contributed by atoms with Crippen molar-refractivity contribution in [2.45, 2.75) is 18.8 Å². The Morgan fingerprint density at radius 2 is 2.08 bits per heavy atom. The summed E-state index contributed by atoms with van der Waals surface area (Å²) in [4.78, 5) is 17.2. The van der Waals surface area contributed by atoms with Gasteiger partial charge in [0.05, 0.1) is 19.8 Å². The first kappa shape index (κ1) is 19.3. The maximum Gasteiger partial charge on any atom is 0.253 e. The molecule has 1 atom stereocenters. The minimum atomic E-state index is 0.0677. The number of hydrogen-bond acceptors (Lipinski definition) is 5. The molecule has 0 aliphatic carbocycles. The van der Waals surface area contributed by atoms with Crippen molar-refractivity contribution in [1.29, 1.82) is 0 Å². The summed E-state index contributed by atoms with van der Waals surface area (Å²) < 4.78 is 5.32. The molecule has 2 fully saturated rings. The Labute approximate surface area is 156 Å². The summed E-state index contributed by atoms with van der Waals surface area (Å²) in [6, 6.07) is 8.21. The molecule has 1 aromatic carbocycles. The molecule has 0 saturated carbocycles. The van der Waals surface area contributed by atoms with Crippen LogP contribution in [-0.2, 0) is 4.74 Å². The first-order chi connectivity index (χ1) is 12.8. The van der Waals surface area contributed by atoms with E-state index in [1.54, 1.807) is 0 Å². The Morgan fingerprint density at radius 3 is 2.81 bits per heavy atom. The number of piperidine rings is 1. The van der Waals surface area contributed by atoms with Crippen LogP contribution in [0, 0.1) is 0 Å². The number of carbonyl (C=O) groups excluding carboxylic acids is 1. The second-order valence-electron chi connectivity index (χ2n) is 7.14. The molecule has 3 rings (SSSR count). The van der Waals surface area contributed by atoms with Crippen LogP contribution in [0.25, 0.3) is 0 Å². The number of piperazine rings is 1. The molecule has 2 aliphatic heterocycles. The van der Waals surface area contributed by atoms with Crippen molar-refractivity contribution < 1.29 is 14.6 Å².